The van der Waals surface area contributed by atoms with Crippen LogP contribution in [-0.4, -0.2) is 30.1 Å². The number of hydrogen-bond donors (Lipinski definition) is 4. The highest BCUT2D eigenvalue weighted by atomic mass is 35.5. The monoisotopic (exact) mass is 353 g/mol. The Morgan fingerprint density at radius 2 is 1.91 bits per heavy atom. The van der Waals surface area contributed by atoms with Crippen LogP contribution in [0, 0.1) is 5.92 Å². The Balaban J connectivity index is 0.000000763. The molecule has 0 aliphatic rings. The Bertz CT molecular complexity index is 593. The molecule has 1 aromatic carbocycles. The molecule has 0 fully saturated rings. The second-order valence-electron chi connectivity index (χ2n) is 4.66. The average molecular weight is 354 g/mol. The highest BCUT2D eigenvalue weighted by Crippen LogP contribution is 2.26. The van der Waals surface area contributed by atoms with Crippen LogP contribution in [0.1, 0.15) is 19.4 Å². The van der Waals surface area contributed by atoms with Gasteiger partial charge in [0.25, 0.3) is 0 Å². The second-order valence-corrected chi connectivity index (χ2v) is 5.96. The van der Waals surface area contributed by atoms with Crippen molar-refractivity contribution in [2.24, 2.45) is 22.4 Å². The third kappa shape index (κ3) is 12.2. The van der Waals surface area contributed by atoms with Crippen molar-refractivity contribution in [3.8, 4) is 5.75 Å². The Morgan fingerprint density at radius 3 is 2.32 bits per heavy atom. The summed E-state index contributed by atoms with van der Waals surface area (Å²) in [7, 11) is -4.67. The van der Waals surface area contributed by atoms with E-state index in [0.717, 1.165) is 5.56 Å². The highest BCUT2D eigenvalue weighted by molar-refractivity contribution is 7.79. The van der Waals surface area contributed by atoms with Gasteiger partial charge in [-0.05, 0) is 23.6 Å². The molecule has 0 bridgehead atoms. The van der Waals surface area contributed by atoms with Gasteiger partial charge in [-0.25, -0.2) is 4.99 Å². The van der Waals surface area contributed by atoms with Crippen LogP contribution in [0.3, 0.4) is 0 Å². The number of halogens is 1. The lowest BCUT2D eigenvalue weighted by Gasteiger charge is -2.10. The van der Waals surface area contributed by atoms with Crippen molar-refractivity contribution < 1.29 is 22.3 Å². The predicted octanol–water partition coefficient (Wildman–Crippen LogP) is 1.50. The first-order valence-corrected chi connectivity index (χ1v) is 7.93. The van der Waals surface area contributed by atoms with Gasteiger partial charge in [-0.3, -0.25) is 9.11 Å². The van der Waals surface area contributed by atoms with E-state index in [1.54, 1.807) is 0 Å². The van der Waals surface area contributed by atoms with Gasteiger partial charge in [-0.15, -0.1) is 0 Å². The summed E-state index contributed by atoms with van der Waals surface area (Å²) in [5.41, 5.74) is 11.5. The lowest BCUT2D eigenvalue weighted by molar-refractivity contribution is 0.271. The normalized spacial score (nSPS) is 10.6. The number of nitrogens with zero attached hydrogens (tertiary/aromatic N) is 1. The van der Waals surface area contributed by atoms with Gasteiger partial charge in [0.2, 0.25) is 0 Å². The maximum absolute atomic E-state index is 8.74. The zero-order valence-corrected chi connectivity index (χ0v) is 13.8. The first-order valence-electron chi connectivity index (χ1n) is 6.15. The minimum absolute atomic E-state index is 0.0706. The van der Waals surface area contributed by atoms with E-state index in [2.05, 4.69) is 18.8 Å². The Kier molecular flexibility index (Phi) is 8.80. The molecule has 0 spiro atoms. The SMILES string of the molecule is CC(C)COc1ccc(CN=C(N)N)cc1Cl.O=S(=O)(O)O. The van der Waals surface area contributed by atoms with E-state index in [-0.39, 0.29) is 5.96 Å². The van der Waals surface area contributed by atoms with E-state index >= 15 is 0 Å². The van der Waals surface area contributed by atoms with Crippen molar-refractivity contribution in [3.05, 3.63) is 28.8 Å². The molecule has 0 unspecified atom stereocenters. The maximum atomic E-state index is 8.74. The quantitative estimate of drug-likeness (QED) is 0.356. The molecule has 0 aliphatic carbocycles. The molecule has 0 saturated heterocycles. The lowest BCUT2D eigenvalue weighted by atomic mass is 10.2. The summed E-state index contributed by atoms with van der Waals surface area (Å²) < 4.78 is 37.1. The molecule has 0 aliphatic heterocycles. The largest absolute Gasteiger partial charge is 0.492 e. The molecule has 1 aromatic rings. The minimum atomic E-state index is -4.67. The van der Waals surface area contributed by atoms with E-state index in [1.165, 1.54) is 0 Å². The van der Waals surface area contributed by atoms with Gasteiger partial charge in [0.15, 0.2) is 5.96 Å². The van der Waals surface area contributed by atoms with E-state index < -0.39 is 10.4 Å². The summed E-state index contributed by atoms with van der Waals surface area (Å²) >= 11 is 6.09. The summed E-state index contributed by atoms with van der Waals surface area (Å²) in [6.45, 7) is 5.24. The molecule has 8 nitrogen and oxygen atoms in total. The second kappa shape index (κ2) is 9.46. The lowest BCUT2D eigenvalue weighted by Crippen LogP contribution is -2.22. The molecule has 126 valence electrons. The topological polar surface area (TPSA) is 148 Å². The van der Waals surface area contributed by atoms with Gasteiger partial charge in [-0.1, -0.05) is 31.5 Å². The molecule has 0 aromatic heterocycles. The maximum Gasteiger partial charge on any atom is 0.394 e. The van der Waals surface area contributed by atoms with Crippen LogP contribution in [-0.2, 0) is 16.9 Å². The first kappa shape index (κ1) is 20.5. The fourth-order valence-electron chi connectivity index (χ4n) is 1.20. The molecular formula is C12H20ClN3O5S. The minimum Gasteiger partial charge on any atom is -0.492 e. The van der Waals surface area contributed by atoms with Gasteiger partial charge >= 0.3 is 10.4 Å². The van der Waals surface area contributed by atoms with Crippen molar-refractivity contribution in [2.45, 2.75) is 20.4 Å². The van der Waals surface area contributed by atoms with Gasteiger partial charge in [0, 0.05) is 0 Å². The summed E-state index contributed by atoms with van der Waals surface area (Å²) in [5, 5.41) is 0.578. The molecule has 22 heavy (non-hydrogen) atoms. The predicted molar refractivity (Wildman–Crippen MR) is 85.5 cm³/mol. The van der Waals surface area contributed by atoms with Gasteiger partial charge in [-0.2, -0.15) is 8.42 Å². The van der Waals surface area contributed by atoms with Gasteiger partial charge < -0.3 is 16.2 Å². The van der Waals surface area contributed by atoms with Crippen molar-refractivity contribution >= 4 is 28.0 Å². The van der Waals surface area contributed by atoms with Crippen LogP contribution in [0.25, 0.3) is 0 Å². The average Bonchev–Trinajstić information content (AvgIpc) is 2.33. The number of ether oxygens (including phenoxy) is 1. The van der Waals surface area contributed by atoms with Crippen molar-refractivity contribution in [3.63, 3.8) is 0 Å². The van der Waals surface area contributed by atoms with E-state index in [4.69, 9.17) is 45.3 Å². The van der Waals surface area contributed by atoms with Gasteiger partial charge in [0.1, 0.15) is 5.75 Å². The van der Waals surface area contributed by atoms with Crippen LogP contribution in [0.15, 0.2) is 23.2 Å². The molecule has 0 saturated carbocycles. The number of guanidine groups is 1. The van der Waals surface area contributed by atoms with Crippen LogP contribution >= 0.6 is 11.6 Å². The molecule has 0 atom stereocenters. The Morgan fingerprint density at radius 1 is 1.36 bits per heavy atom. The molecule has 6 N–H and O–H groups in total. The van der Waals surface area contributed by atoms with Crippen molar-refractivity contribution in [1.29, 1.82) is 0 Å². The summed E-state index contributed by atoms with van der Waals surface area (Å²) in [4.78, 5) is 3.91. The van der Waals surface area contributed by atoms with E-state index in [0.29, 0.717) is 29.8 Å². The number of rotatable bonds is 5. The van der Waals surface area contributed by atoms with Crippen molar-refractivity contribution in [1.82, 2.24) is 0 Å². The highest BCUT2D eigenvalue weighted by Gasteiger charge is 2.04. The summed E-state index contributed by atoms with van der Waals surface area (Å²) in [5.74, 6) is 1.22. The molecular weight excluding hydrogens is 334 g/mol. The zero-order valence-electron chi connectivity index (χ0n) is 12.2. The standard InChI is InChI=1S/C12H18ClN3O.H2O4S/c1-8(2)7-17-11-4-3-9(5-10(11)13)6-16-12(14)15;1-5(2,3)4/h3-5,8H,6-7H2,1-2H3,(H4,14,15,16);(H2,1,2,3,4). The Labute approximate surface area is 134 Å². The number of benzene rings is 1. The fraction of sp³-hybridized carbons (Fsp3) is 0.417. The third-order valence-corrected chi connectivity index (χ3v) is 2.31. The molecule has 10 heteroatoms. The first-order chi connectivity index (χ1) is 9.99. The molecule has 0 heterocycles. The van der Waals surface area contributed by atoms with Crippen molar-refractivity contribution in [2.75, 3.05) is 6.61 Å². The molecule has 0 radical (unpaired) electrons. The number of nitrogens with two attached hydrogens (primary N) is 2. The summed E-state index contributed by atoms with van der Waals surface area (Å²) in [6.07, 6.45) is 0. The third-order valence-electron chi connectivity index (χ3n) is 2.01. The van der Waals surface area contributed by atoms with Crippen LogP contribution in [0.5, 0.6) is 5.75 Å². The van der Waals surface area contributed by atoms with Crippen LogP contribution in [0.2, 0.25) is 5.02 Å². The zero-order chi connectivity index (χ0) is 17.3. The smallest absolute Gasteiger partial charge is 0.394 e. The Hall–Kier alpha value is -1.55. The summed E-state index contributed by atoms with van der Waals surface area (Å²) in [6, 6.07) is 5.54. The van der Waals surface area contributed by atoms with Crippen LogP contribution < -0.4 is 16.2 Å². The molecule has 1 rings (SSSR count). The van der Waals surface area contributed by atoms with E-state index in [9.17, 15) is 0 Å². The molecule has 0 amide bonds. The van der Waals surface area contributed by atoms with E-state index in [1.807, 2.05) is 18.2 Å². The number of aliphatic imine (C=N–C) groups is 1. The fourth-order valence-corrected chi connectivity index (χ4v) is 1.46. The van der Waals surface area contributed by atoms with Gasteiger partial charge in [0.05, 0.1) is 18.2 Å². The number of hydrogen-bond acceptors (Lipinski definition) is 4. The van der Waals surface area contributed by atoms with Crippen LogP contribution in [0.4, 0.5) is 0 Å².